The van der Waals surface area contributed by atoms with Crippen molar-refractivity contribution < 1.29 is 4.79 Å². The SMILES string of the molecule is CC(N)CCCNC(=O)CC(C)CC(C)(C)C. The summed E-state index contributed by atoms with van der Waals surface area (Å²) in [6.45, 7) is 11.5. The van der Waals surface area contributed by atoms with Gasteiger partial charge in [0.1, 0.15) is 0 Å². The number of hydrogen-bond acceptors (Lipinski definition) is 2. The highest BCUT2D eigenvalue weighted by molar-refractivity contribution is 5.76. The lowest BCUT2D eigenvalue weighted by atomic mass is 9.84. The predicted molar refractivity (Wildman–Crippen MR) is 73.7 cm³/mol. The van der Waals surface area contributed by atoms with Crippen molar-refractivity contribution in [2.24, 2.45) is 17.1 Å². The summed E-state index contributed by atoms with van der Waals surface area (Å²) in [4.78, 5) is 11.6. The molecule has 0 aromatic carbocycles. The van der Waals surface area contributed by atoms with E-state index in [4.69, 9.17) is 5.73 Å². The second-order valence-corrected chi connectivity index (χ2v) is 6.54. The fraction of sp³-hybridized carbons (Fsp3) is 0.929. The maximum absolute atomic E-state index is 11.6. The molecule has 0 aromatic rings. The van der Waals surface area contributed by atoms with Crippen LogP contribution in [0.25, 0.3) is 0 Å². The van der Waals surface area contributed by atoms with Crippen LogP contribution < -0.4 is 11.1 Å². The first-order valence-electron chi connectivity index (χ1n) is 6.73. The van der Waals surface area contributed by atoms with Crippen LogP contribution >= 0.6 is 0 Å². The number of amides is 1. The summed E-state index contributed by atoms with van der Waals surface area (Å²) in [6.07, 6.45) is 3.66. The average molecular weight is 242 g/mol. The molecule has 2 unspecified atom stereocenters. The molecule has 0 saturated heterocycles. The minimum atomic E-state index is 0.173. The van der Waals surface area contributed by atoms with E-state index in [0.29, 0.717) is 17.8 Å². The monoisotopic (exact) mass is 242 g/mol. The standard InChI is InChI=1S/C14H30N2O/c1-11(10-14(3,4)5)9-13(17)16-8-6-7-12(2)15/h11-12H,6-10,15H2,1-5H3,(H,16,17). The Morgan fingerprint density at radius 1 is 1.29 bits per heavy atom. The number of hydrogen-bond donors (Lipinski definition) is 2. The fourth-order valence-electron chi connectivity index (χ4n) is 2.16. The van der Waals surface area contributed by atoms with E-state index in [0.717, 1.165) is 25.8 Å². The third-order valence-electron chi connectivity index (χ3n) is 2.65. The van der Waals surface area contributed by atoms with Gasteiger partial charge < -0.3 is 11.1 Å². The molecule has 0 aromatic heterocycles. The van der Waals surface area contributed by atoms with Crippen LogP contribution in [0.1, 0.15) is 60.3 Å². The van der Waals surface area contributed by atoms with Gasteiger partial charge in [0.05, 0.1) is 0 Å². The van der Waals surface area contributed by atoms with Gasteiger partial charge in [-0.05, 0) is 37.5 Å². The molecule has 0 aliphatic rings. The molecule has 2 atom stereocenters. The topological polar surface area (TPSA) is 55.1 Å². The van der Waals surface area contributed by atoms with Crippen LogP contribution in [0, 0.1) is 11.3 Å². The van der Waals surface area contributed by atoms with Crippen molar-refractivity contribution in [3.63, 3.8) is 0 Å². The molecule has 0 fully saturated rings. The van der Waals surface area contributed by atoms with E-state index in [1.54, 1.807) is 0 Å². The van der Waals surface area contributed by atoms with E-state index < -0.39 is 0 Å². The number of nitrogens with two attached hydrogens (primary N) is 1. The van der Waals surface area contributed by atoms with Crippen molar-refractivity contribution in [3.05, 3.63) is 0 Å². The van der Waals surface area contributed by atoms with Crippen LogP contribution in [0.2, 0.25) is 0 Å². The summed E-state index contributed by atoms with van der Waals surface area (Å²) in [5.41, 5.74) is 5.95. The molecule has 0 rings (SSSR count). The number of carbonyl (C=O) groups excluding carboxylic acids is 1. The Bertz CT molecular complexity index is 219. The van der Waals surface area contributed by atoms with E-state index in [9.17, 15) is 4.79 Å². The Morgan fingerprint density at radius 2 is 1.88 bits per heavy atom. The Balaban J connectivity index is 3.65. The van der Waals surface area contributed by atoms with Crippen LogP contribution in [-0.2, 0) is 4.79 Å². The molecular weight excluding hydrogens is 212 g/mol. The number of nitrogens with one attached hydrogen (secondary N) is 1. The highest BCUT2D eigenvalue weighted by Gasteiger charge is 2.17. The van der Waals surface area contributed by atoms with Gasteiger partial charge in [-0.3, -0.25) is 4.79 Å². The molecule has 1 amide bonds. The minimum Gasteiger partial charge on any atom is -0.356 e. The third-order valence-corrected chi connectivity index (χ3v) is 2.65. The summed E-state index contributed by atoms with van der Waals surface area (Å²) >= 11 is 0. The Hall–Kier alpha value is -0.570. The van der Waals surface area contributed by atoms with Crippen LogP contribution in [0.15, 0.2) is 0 Å². The molecular formula is C14H30N2O. The maximum Gasteiger partial charge on any atom is 0.220 e. The van der Waals surface area contributed by atoms with E-state index >= 15 is 0 Å². The van der Waals surface area contributed by atoms with Crippen molar-refractivity contribution in [1.82, 2.24) is 5.32 Å². The van der Waals surface area contributed by atoms with E-state index in [1.807, 2.05) is 6.92 Å². The Kier molecular flexibility index (Phi) is 7.44. The van der Waals surface area contributed by atoms with E-state index in [1.165, 1.54) is 0 Å². The second kappa shape index (κ2) is 7.70. The molecule has 3 N–H and O–H groups in total. The maximum atomic E-state index is 11.6. The van der Waals surface area contributed by atoms with Crippen LogP contribution in [0.4, 0.5) is 0 Å². The molecule has 0 radical (unpaired) electrons. The lowest BCUT2D eigenvalue weighted by Crippen LogP contribution is -2.28. The lowest BCUT2D eigenvalue weighted by molar-refractivity contribution is -0.122. The van der Waals surface area contributed by atoms with Gasteiger partial charge in [0.2, 0.25) is 5.91 Å². The molecule has 0 spiro atoms. The average Bonchev–Trinajstić information content (AvgIpc) is 2.08. The summed E-state index contributed by atoms with van der Waals surface area (Å²) in [7, 11) is 0. The first kappa shape index (κ1) is 16.4. The predicted octanol–water partition coefficient (Wildman–Crippen LogP) is 2.69. The summed E-state index contributed by atoms with van der Waals surface area (Å²) in [5.74, 6) is 0.620. The zero-order valence-electron chi connectivity index (χ0n) is 12.2. The van der Waals surface area contributed by atoms with Gasteiger partial charge in [-0.15, -0.1) is 0 Å². The lowest BCUT2D eigenvalue weighted by Gasteiger charge is -2.22. The van der Waals surface area contributed by atoms with Crippen molar-refractivity contribution in [2.75, 3.05) is 6.54 Å². The quantitative estimate of drug-likeness (QED) is 0.674. The molecule has 0 heterocycles. The Labute approximate surface area is 107 Å². The molecule has 0 aliphatic heterocycles. The summed E-state index contributed by atoms with van der Waals surface area (Å²) < 4.78 is 0. The molecule has 3 heteroatoms. The van der Waals surface area contributed by atoms with Gasteiger partial charge in [-0.1, -0.05) is 27.7 Å². The van der Waals surface area contributed by atoms with Crippen molar-refractivity contribution in [2.45, 2.75) is 66.3 Å². The van der Waals surface area contributed by atoms with Crippen molar-refractivity contribution in [3.8, 4) is 0 Å². The fourth-order valence-corrected chi connectivity index (χ4v) is 2.16. The third kappa shape index (κ3) is 11.7. The van der Waals surface area contributed by atoms with Gasteiger partial charge in [0.15, 0.2) is 0 Å². The normalized spacial score (nSPS) is 15.4. The highest BCUT2D eigenvalue weighted by atomic mass is 16.1. The van der Waals surface area contributed by atoms with Gasteiger partial charge in [-0.2, -0.15) is 0 Å². The first-order valence-corrected chi connectivity index (χ1v) is 6.73. The van der Waals surface area contributed by atoms with Crippen LogP contribution in [0.5, 0.6) is 0 Å². The molecule has 3 nitrogen and oxygen atoms in total. The van der Waals surface area contributed by atoms with Crippen LogP contribution in [-0.4, -0.2) is 18.5 Å². The largest absolute Gasteiger partial charge is 0.356 e. The molecule has 0 aliphatic carbocycles. The smallest absolute Gasteiger partial charge is 0.220 e. The van der Waals surface area contributed by atoms with E-state index in [2.05, 4.69) is 33.0 Å². The highest BCUT2D eigenvalue weighted by Crippen LogP contribution is 2.25. The molecule has 17 heavy (non-hydrogen) atoms. The zero-order chi connectivity index (χ0) is 13.5. The summed E-state index contributed by atoms with van der Waals surface area (Å²) in [5, 5.41) is 2.96. The molecule has 102 valence electrons. The van der Waals surface area contributed by atoms with Crippen LogP contribution in [0.3, 0.4) is 0 Å². The summed E-state index contributed by atoms with van der Waals surface area (Å²) in [6, 6.07) is 0.228. The van der Waals surface area contributed by atoms with Crippen molar-refractivity contribution in [1.29, 1.82) is 0 Å². The van der Waals surface area contributed by atoms with Gasteiger partial charge >= 0.3 is 0 Å². The zero-order valence-corrected chi connectivity index (χ0v) is 12.2. The Morgan fingerprint density at radius 3 is 2.35 bits per heavy atom. The van der Waals surface area contributed by atoms with Gasteiger partial charge in [0, 0.05) is 19.0 Å². The number of carbonyl (C=O) groups is 1. The van der Waals surface area contributed by atoms with Gasteiger partial charge in [0.25, 0.3) is 0 Å². The molecule has 0 bridgehead atoms. The first-order chi connectivity index (χ1) is 7.70. The van der Waals surface area contributed by atoms with Gasteiger partial charge in [-0.25, -0.2) is 0 Å². The second-order valence-electron chi connectivity index (χ2n) is 6.54. The van der Waals surface area contributed by atoms with Crippen molar-refractivity contribution >= 4 is 5.91 Å². The minimum absolute atomic E-state index is 0.173. The number of rotatable bonds is 7. The molecule has 0 saturated carbocycles. The van der Waals surface area contributed by atoms with E-state index in [-0.39, 0.29) is 11.9 Å².